The van der Waals surface area contributed by atoms with Crippen LogP contribution in [0.25, 0.3) is 5.57 Å². The Morgan fingerprint density at radius 2 is 1.81 bits per heavy atom. The summed E-state index contributed by atoms with van der Waals surface area (Å²) in [5, 5.41) is 0. The largest absolute Gasteiger partial charge is 0.0661 e. The van der Waals surface area contributed by atoms with Gasteiger partial charge >= 0.3 is 0 Å². The van der Waals surface area contributed by atoms with Gasteiger partial charge in [-0.1, -0.05) is 80.5 Å². The van der Waals surface area contributed by atoms with Crippen LogP contribution >= 0.6 is 0 Å². The molecule has 0 N–H and O–H groups in total. The fourth-order valence-corrected chi connectivity index (χ4v) is 4.25. The zero-order valence-corrected chi connectivity index (χ0v) is 13.6. The van der Waals surface area contributed by atoms with E-state index in [1.165, 1.54) is 23.1 Å². The monoisotopic (exact) mass is 278 g/mol. The molecule has 1 aromatic carbocycles. The quantitative estimate of drug-likeness (QED) is 0.633. The van der Waals surface area contributed by atoms with E-state index in [1.54, 1.807) is 5.57 Å². The summed E-state index contributed by atoms with van der Waals surface area (Å²) in [4.78, 5) is 0. The van der Waals surface area contributed by atoms with E-state index >= 15 is 0 Å². The van der Waals surface area contributed by atoms with Gasteiger partial charge in [0.1, 0.15) is 0 Å². The van der Waals surface area contributed by atoms with Gasteiger partial charge in [0.15, 0.2) is 0 Å². The predicted molar refractivity (Wildman–Crippen MR) is 91.9 cm³/mol. The van der Waals surface area contributed by atoms with Gasteiger partial charge in [-0.3, -0.25) is 0 Å². The molecule has 1 aromatic rings. The molecule has 110 valence electrons. The molecule has 0 aliphatic heterocycles. The van der Waals surface area contributed by atoms with Gasteiger partial charge in [-0.15, -0.1) is 0 Å². The number of rotatable bonds is 2. The Balaban J connectivity index is 2.14. The molecular weight excluding hydrogens is 252 g/mol. The Labute approximate surface area is 129 Å². The second-order valence-electron chi connectivity index (χ2n) is 6.99. The van der Waals surface area contributed by atoms with Gasteiger partial charge in [-0.05, 0) is 42.2 Å². The Kier molecular flexibility index (Phi) is 3.89. The van der Waals surface area contributed by atoms with Gasteiger partial charge in [0.2, 0.25) is 0 Å². The van der Waals surface area contributed by atoms with E-state index in [0.29, 0.717) is 11.8 Å². The molecule has 0 heterocycles. The molecule has 3 rings (SSSR count). The summed E-state index contributed by atoms with van der Waals surface area (Å²) >= 11 is 0. The maximum Gasteiger partial charge on any atom is 0.00222 e. The third-order valence-corrected chi connectivity index (χ3v) is 5.44. The maximum atomic E-state index is 2.44. The van der Waals surface area contributed by atoms with Crippen LogP contribution in [0.2, 0.25) is 0 Å². The number of fused-ring (bicyclic) bond motifs is 1. The Morgan fingerprint density at radius 1 is 1.10 bits per heavy atom. The van der Waals surface area contributed by atoms with E-state index < -0.39 is 0 Å². The van der Waals surface area contributed by atoms with E-state index in [-0.39, 0.29) is 0 Å². The molecule has 0 radical (unpaired) electrons. The molecule has 0 heteroatoms. The van der Waals surface area contributed by atoms with Gasteiger partial charge in [0.25, 0.3) is 0 Å². The first-order valence-corrected chi connectivity index (χ1v) is 8.24. The summed E-state index contributed by atoms with van der Waals surface area (Å²) in [5.41, 5.74) is 6.03. The van der Waals surface area contributed by atoms with E-state index in [4.69, 9.17) is 0 Å². The normalized spacial score (nSPS) is 28.6. The van der Waals surface area contributed by atoms with Crippen molar-refractivity contribution in [3.8, 4) is 0 Å². The van der Waals surface area contributed by atoms with Crippen LogP contribution in [0.15, 0.2) is 59.7 Å². The van der Waals surface area contributed by atoms with Crippen LogP contribution in [0.1, 0.15) is 39.7 Å². The molecule has 0 saturated heterocycles. The molecule has 1 fully saturated rings. The standard InChI is InChI=1S/C21H26/c1-14(2)19-13-20-15(3)9-8-12-18(21(20)16(19)4)17-10-6-5-7-11-17/h5-12,14,16,19-20H,13H2,1-4H3. The van der Waals surface area contributed by atoms with Crippen molar-refractivity contribution in [3.63, 3.8) is 0 Å². The van der Waals surface area contributed by atoms with Crippen LogP contribution in [0.4, 0.5) is 0 Å². The number of hydrogen-bond acceptors (Lipinski definition) is 0. The smallest absolute Gasteiger partial charge is 0.00222 e. The maximum absolute atomic E-state index is 2.44. The summed E-state index contributed by atoms with van der Waals surface area (Å²) in [6.07, 6.45) is 8.19. The molecule has 2 aliphatic carbocycles. The summed E-state index contributed by atoms with van der Waals surface area (Å²) in [6.45, 7) is 9.50. The first-order chi connectivity index (χ1) is 10.1. The van der Waals surface area contributed by atoms with Crippen LogP contribution in [0.3, 0.4) is 0 Å². The zero-order chi connectivity index (χ0) is 15.0. The second-order valence-corrected chi connectivity index (χ2v) is 6.99. The first-order valence-electron chi connectivity index (χ1n) is 8.24. The van der Waals surface area contributed by atoms with Crippen LogP contribution < -0.4 is 0 Å². The van der Waals surface area contributed by atoms with Crippen molar-refractivity contribution in [2.75, 3.05) is 0 Å². The van der Waals surface area contributed by atoms with Gasteiger partial charge in [0, 0.05) is 5.92 Å². The van der Waals surface area contributed by atoms with Crippen LogP contribution in [-0.4, -0.2) is 0 Å². The van der Waals surface area contributed by atoms with Crippen molar-refractivity contribution in [3.05, 3.63) is 65.3 Å². The highest BCUT2D eigenvalue weighted by molar-refractivity contribution is 5.79. The molecule has 0 bridgehead atoms. The fourth-order valence-electron chi connectivity index (χ4n) is 4.25. The van der Waals surface area contributed by atoms with Crippen molar-refractivity contribution in [1.29, 1.82) is 0 Å². The molecule has 0 spiro atoms. The predicted octanol–water partition coefficient (Wildman–Crippen LogP) is 5.88. The van der Waals surface area contributed by atoms with Gasteiger partial charge in [-0.2, -0.15) is 0 Å². The number of benzene rings is 1. The van der Waals surface area contributed by atoms with E-state index in [9.17, 15) is 0 Å². The lowest BCUT2D eigenvalue weighted by molar-refractivity contribution is 0.326. The highest BCUT2D eigenvalue weighted by Crippen LogP contribution is 2.51. The highest BCUT2D eigenvalue weighted by atomic mass is 14.4. The summed E-state index contributed by atoms with van der Waals surface area (Å²) in [6, 6.07) is 10.9. The molecule has 2 aliphatic rings. The third-order valence-electron chi connectivity index (χ3n) is 5.44. The lowest BCUT2D eigenvalue weighted by Crippen LogP contribution is -2.12. The molecular formula is C21H26. The van der Waals surface area contributed by atoms with Crippen LogP contribution in [-0.2, 0) is 0 Å². The van der Waals surface area contributed by atoms with Gasteiger partial charge in [-0.25, -0.2) is 0 Å². The average molecular weight is 278 g/mol. The molecule has 3 atom stereocenters. The molecule has 0 nitrogen and oxygen atoms in total. The minimum Gasteiger partial charge on any atom is -0.0661 e. The summed E-state index contributed by atoms with van der Waals surface area (Å²) in [7, 11) is 0. The van der Waals surface area contributed by atoms with Crippen molar-refractivity contribution in [1.82, 2.24) is 0 Å². The second kappa shape index (κ2) is 5.67. The van der Waals surface area contributed by atoms with E-state index in [2.05, 4.69) is 76.3 Å². The fraction of sp³-hybridized carbons (Fsp3) is 0.429. The summed E-state index contributed by atoms with van der Waals surface area (Å²) in [5.74, 6) is 2.88. The lowest BCUT2D eigenvalue weighted by atomic mass is 9.83. The Bertz CT molecular complexity index is 598. The molecule has 21 heavy (non-hydrogen) atoms. The highest BCUT2D eigenvalue weighted by Gasteiger charge is 2.39. The van der Waals surface area contributed by atoms with E-state index in [0.717, 1.165) is 11.8 Å². The first kappa shape index (κ1) is 14.4. The van der Waals surface area contributed by atoms with Crippen molar-refractivity contribution >= 4 is 5.57 Å². The molecule has 3 unspecified atom stereocenters. The minimum absolute atomic E-state index is 0.637. The zero-order valence-electron chi connectivity index (χ0n) is 13.6. The topological polar surface area (TPSA) is 0 Å². The average Bonchev–Trinajstić information content (AvgIpc) is 2.73. The SMILES string of the molecule is CC1=CC=CC(c2ccccc2)=C2C1CC(C(C)C)C2C. The van der Waals surface area contributed by atoms with Crippen LogP contribution in [0, 0.1) is 23.7 Å². The summed E-state index contributed by atoms with van der Waals surface area (Å²) < 4.78 is 0. The van der Waals surface area contributed by atoms with Crippen molar-refractivity contribution in [2.45, 2.75) is 34.1 Å². The van der Waals surface area contributed by atoms with Gasteiger partial charge in [0.05, 0.1) is 0 Å². The Hall–Kier alpha value is -1.56. The van der Waals surface area contributed by atoms with E-state index in [1.807, 2.05) is 0 Å². The number of hydrogen-bond donors (Lipinski definition) is 0. The van der Waals surface area contributed by atoms with Crippen LogP contribution in [0.5, 0.6) is 0 Å². The molecule has 1 saturated carbocycles. The lowest BCUT2D eigenvalue weighted by Gasteiger charge is -2.21. The third kappa shape index (κ3) is 2.52. The molecule has 0 amide bonds. The van der Waals surface area contributed by atoms with Gasteiger partial charge < -0.3 is 0 Å². The Morgan fingerprint density at radius 3 is 2.48 bits per heavy atom. The van der Waals surface area contributed by atoms with Crippen molar-refractivity contribution < 1.29 is 0 Å². The number of allylic oxidation sites excluding steroid dienone is 6. The minimum atomic E-state index is 0.637. The molecule has 0 aromatic heterocycles. The van der Waals surface area contributed by atoms with Crippen molar-refractivity contribution in [2.24, 2.45) is 23.7 Å².